The summed E-state index contributed by atoms with van der Waals surface area (Å²) in [5.41, 5.74) is 0.635. The Bertz CT molecular complexity index is 506. The number of rotatable bonds is 3. The molecule has 0 aromatic heterocycles. The highest BCUT2D eigenvalue weighted by molar-refractivity contribution is 7.89. The van der Waals surface area contributed by atoms with Crippen LogP contribution in [0.4, 0.5) is 5.69 Å². The van der Waals surface area contributed by atoms with Gasteiger partial charge in [-0.1, -0.05) is 44.2 Å². The maximum Gasteiger partial charge on any atom is 0.240 e. The Balaban J connectivity index is 2.13. The first kappa shape index (κ1) is 14.3. The zero-order valence-electron chi connectivity index (χ0n) is 11.1. The van der Waals surface area contributed by atoms with Gasteiger partial charge in [-0.3, -0.25) is 0 Å². The number of para-hydroxylation sites is 1. The molecule has 2 rings (SSSR count). The van der Waals surface area contributed by atoms with Crippen molar-refractivity contribution in [3.63, 3.8) is 0 Å². The summed E-state index contributed by atoms with van der Waals surface area (Å²) in [6.07, 6.45) is 8.47. The van der Waals surface area contributed by atoms with Crippen molar-refractivity contribution in [3.8, 4) is 0 Å². The number of anilines is 1. The van der Waals surface area contributed by atoms with Crippen LogP contribution in [-0.4, -0.2) is 14.5 Å². The zero-order valence-corrected chi connectivity index (χ0v) is 12.0. The predicted molar refractivity (Wildman–Crippen MR) is 77.5 cm³/mol. The van der Waals surface area contributed by atoms with Crippen LogP contribution in [-0.2, 0) is 10.0 Å². The van der Waals surface area contributed by atoms with E-state index in [0.717, 1.165) is 12.8 Å². The van der Waals surface area contributed by atoms with Crippen LogP contribution in [0.15, 0.2) is 29.2 Å². The fourth-order valence-corrected chi connectivity index (χ4v) is 3.36. The molecule has 1 aliphatic carbocycles. The molecule has 106 valence electrons. The quantitative estimate of drug-likeness (QED) is 0.895. The Kier molecular flexibility index (Phi) is 4.82. The first-order chi connectivity index (χ1) is 9.07. The van der Waals surface area contributed by atoms with Crippen LogP contribution in [0.1, 0.15) is 44.9 Å². The van der Waals surface area contributed by atoms with E-state index >= 15 is 0 Å². The smallest absolute Gasteiger partial charge is 0.240 e. The molecule has 0 aliphatic heterocycles. The monoisotopic (exact) mass is 282 g/mol. The van der Waals surface area contributed by atoms with Gasteiger partial charge in [-0.05, 0) is 25.0 Å². The molecule has 0 spiro atoms. The van der Waals surface area contributed by atoms with Crippen molar-refractivity contribution in [1.29, 1.82) is 0 Å². The molecule has 1 aromatic carbocycles. The van der Waals surface area contributed by atoms with Crippen molar-refractivity contribution in [1.82, 2.24) is 0 Å². The first-order valence-electron chi connectivity index (χ1n) is 6.96. The van der Waals surface area contributed by atoms with Crippen LogP contribution in [0.5, 0.6) is 0 Å². The predicted octanol–water partition coefficient (Wildman–Crippen LogP) is 2.86. The first-order valence-corrected chi connectivity index (χ1v) is 8.50. The summed E-state index contributed by atoms with van der Waals surface area (Å²) in [5.74, 6) is 0. The van der Waals surface area contributed by atoms with E-state index in [1.165, 1.54) is 32.1 Å². The minimum atomic E-state index is -3.66. The number of primary sulfonamides is 1. The number of hydrogen-bond acceptors (Lipinski definition) is 3. The molecule has 1 aromatic rings. The van der Waals surface area contributed by atoms with Crippen LogP contribution in [0, 0.1) is 0 Å². The van der Waals surface area contributed by atoms with Crippen LogP contribution in [0.3, 0.4) is 0 Å². The molecule has 1 fully saturated rings. The van der Waals surface area contributed by atoms with Crippen LogP contribution in [0.2, 0.25) is 0 Å². The third-order valence-corrected chi connectivity index (χ3v) is 4.63. The molecule has 3 N–H and O–H groups in total. The molecule has 19 heavy (non-hydrogen) atoms. The van der Waals surface area contributed by atoms with Crippen molar-refractivity contribution in [2.24, 2.45) is 5.14 Å². The summed E-state index contributed by atoms with van der Waals surface area (Å²) in [4.78, 5) is 0.192. The molecular weight excluding hydrogens is 260 g/mol. The lowest BCUT2D eigenvalue weighted by atomic mass is 9.96. The van der Waals surface area contributed by atoms with Gasteiger partial charge in [0, 0.05) is 6.04 Å². The fraction of sp³-hybridized carbons (Fsp3) is 0.571. The molecule has 1 saturated carbocycles. The molecule has 5 heteroatoms. The van der Waals surface area contributed by atoms with Crippen LogP contribution < -0.4 is 10.5 Å². The summed E-state index contributed by atoms with van der Waals surface area (Å²) in [5, 5.41) is 8.62. The maximum absolute atomic E-state index is 11.6. The topological polar surface area (TPSA) is 72.2 Å². The Labute approximate surface area is 115 Å². The van der Waals surface area contributed by atoms with Gasteiger partial charge in [-0.15, -0.1) is 0 Å². The Morgan fingerprint density at radius 2 is 1.58 bits per heavy atom. The summed E-state index contributed by atoms with van der Waals surface area (Å²) in [7, 11) is -3.66. The Morgan fingerprint density at radius 3 is 2.21 bits per heavy atom. The molecule has 4 nitrogen and oxygen atoms in total. The fourth-order valence-electron chi connectivity index (χ4n) is 2.65. The van der Waals surface area contributed by atoms with E-state index in [-0.39, 0.29) is 4.90 Å². The lowest BCUT2D eigenvalue weighted by Gasteiger charge is -2.23. The van der Waals surface area contributed by atoms with Crippen molar-refractivity contribution in [2.75, 3.05) is 5.32 Å². The minimum Gasteiger partial charge on any atom is -0.381 e. The van der Waals surface area contributed by atoms with Gasteiger partial charge in [0.1, 0.15) is 4.90 Å². The molecule has 0 bridgehead atoms. The van der Waals surface area contributed by atoms with E-state index in [1.807, 2.05) is 6.07 Å². The van der Waals surface area contributed by atoms with E-state index < -0.39 is 10.0 Å². The summed E-state index contributed by atoms with van der Waals surface area (Å²) in [6.45, 7) is 0. The van der Waals surface area contributed by atoms with Gasteiger partial charge in [0.15, 0.2) is 0 Å². The number of nitrogens with two attached hydrogens (primary N) is 1. The van der Waals surface area contributed by atoms with Crippen molar-refractivity contribution in [2.45, 2.75) is 55.9 Å². The third-order valence-electron chi connectivity index (χ3n) is 3.66. The second kappa shape index (κ2) is 6.39. The maximum atomic E-state index is 11.6. The van der Waals surface area contributed by atoms with E-state index in [4.69, 9.17) is 5.14 Å². The normalized spacial score (nSPS) is 18.6. The van der Waals surface area contributed by atoms with Crippen molar-refractivity contribution < 1.29 is 8.42 Å². The average Bonchev–Trinajstić information content (AvgIpc) is 2.32. The number of hydrogen-bond donors (Lipinski definition) is 2. The van der Waals surface area contributed by atoms with Gasteiger partial charge in [0.05, 0.1) is 5.69 Å². The number of sulfonamides is 1. The highest BCUT2D eigenvalue weighted by Gasteiger charge is 2.17. The SMILES string of the molecule is NS(=O)(=O)c1ccccc1NC1CCCCCCC1. The minimum absolute atomic E-state index is 0.192. The summed E-state index contributed by atoms with van der Waals surface area (Å²) < 4.78 is 23.1. The second-order valence-corrected chi connectivity index (χ2v) is 6.76. The Morgan fingerprint density at radius 1 is 1.00 bits per heavy atom. The Hall–Kier alpha value is -1.07. The van der Waals surface area contributed by atoms with Gasteiger partial charge < -0.3 is 5.32 Å². The molecule has 0 amide bonds. The summed E-state index contributed by atoms with van der Waals surface area (Å²) >= 11 is 0. The van der Waals surface area contributed by atoms with E-state index in [2.05, 4.69) is 5.32 Å². The highest BCUT2D eigenvalue weighted by Crippen LogP contribution is 2.24. The van der Waals surface area contributed by atoms with Crippen molar-refractivity contribution in [3.05, 3.63) is 24.3 Å². The van der Waals surface area contributed by atoms with Gasteiger partial charge in [0.25, 0.3) is 0 Å². The third kappa shape index (κ3) is 4.21. The highest BCUT2D eigenvalue weighted by atomic mass is 32.2. The molecule has 0 saturated heterocycles. The van der Waals surface area contributed by atoms with Crippen LogP contribution in [0.25, 0.3) is 0 Å². The van der Waals surface area contributed by atoms with Crippen LogP contribution >= 0.6 is 0 Å². The van der Waals surface area contributed by atoms with E-state index in [9.17, 15) is 8.42 Å². The average molecular weight is 282 g/mol. The van der Waals surface area contributed by atoms with Gasteiger partial charge in [-0.25, -0.2) is 13.6 Å². The lowest BCUT2D eigenvalue weighted by molar-refractivity contribution is 0.471. The largest absolute Gasteiger partial charge is 0.381 e. The number of nitrogens with one attached hydrogen (secondary N) is 1. The molecule has 0 atom stereocenters. The molecular formula is C14H22N2O2S. The van der Waals surface area contributed by atoms with Crippen molar-refractivity contribution >= 4 is 15.7 Å². The van der Waals surface area contributed by atoms with E-state index in [0.29, 0.717) is 11.7 Å². The second-order valence-electron chi connectivity index (χ2n) is 5.23. The molecule has 0 unspecified atom stereocenters. The number of benzene rings is 1. The molecule has 1 aliphatic rings. The molecule has 0 radical (unpaired) electrons. The standard InChI is InChI=1S/C14H22N2O2S/c15-19(17,18)14-11-7-6-10-13(14)16-12-8-4-2-1-3-5-9-12/h6-7,10-12,16H,1-5,8-9H2,(H2,15,17,18). The summed E-state index contributed by atoms with van der Waals surface area (Å²) in [6, 6.07) is 7.23. The van der Waals surface area contributed by atoms with Gasteiger partial charge in [-0.2, -0.15) is 0 Å². The van der Waals surface area contributed by atoms with Gasteiger partial charge >= 0.3 is 0 Å². The molecule has 0 heterocycles. The zero-order chi connectivity index (χ0) is 13.7. The van der Waals surface area contributed by atoms with E-state index in [1.54, 1.807) is 18.2 Å². The lowest BCUT2D eigenvalue weighted by Crippen LogP contribution is -2.23. The van der Waals surface area contributed by atoms with Gasteiger partial charge in [0.2, 0.25) is 10.0 Å².